The molecular weight excluding hydrogens is 297 g/mol. The minimum absolute atomic E-state index is 0.00767. The van der Waals surface area contributed by atoms with Gasteiger partial charge in [0.15, 0.2) is 11.2 Å². The van der Waals surface area contributed by atoms with Gasteiger partial charge in [0.05, 0.1) is 6.54 Å². The normalized spacial score (nSPS) is 11.2. The van der Waals surface area contributed by atoms with Crippen LogP contribution in [-0.4, -0.2) is 24.5 Å². The Kier molecular flexibility index (Phi) is 3.42. The maximum atomic E-state index is 13.8. The summed E-state index contributed by atoms with van der Waals surface area (Å²) >= 11 is 5.97. The van der Waals surface area contributed by atoms with Crippen LogP contribution in [0.15, 0.2) is 29.3 Å². The van der Waals surface area contributed by atoms with Gasteiger partial charge in [-0.05, 0) is 19.1 Å². The quantitative estimate of drug-likeness (QED) is 0.740. The molecule has 2 heterocycles. The van der Waals surface area contributed by atoms with E-state index in [0.29, 0.717) is 12.2 Å². The molecule has 0 saturated heterocycles. The highest BCUT2D eigenvalue weighted by Crippen LogP contribution is 2.19. The van der Waals surface area contributed by atoms with Crippen molar-refractivity contribution >= 4 is 22.8 Å². The van der Waals surface area contributed by atoms with Gasteiger partial charge < -0.3 is 0 Å². The maximum absolute atomic E-state index is 13.8. The van der Waals surface area contributed by atoms with Crippen molar-refractivity contribution in [3.63, 3.8) is 0 Å². The fourth-order valence-corrected chi connectivity index (χ4v) is 2.29. The van der Waals surface area contributed by atoms with Crippen LogP contribution < -0.4 is 5.56 Å². The van der Waals surface area contributed by atoms with Crippen molar-refractivity contribution < 1.29 is 4.39 Å². The molecule has 0 saturated carbocycles. The van der Waals surface area contributed by atoms with Crippen LogP contribution in [0.4, 0.5) is 4.39 Å². The molecule has 0 aliphatic rings. The van der Waals surface area contributed by atoms with E-state index in [-0.39, 0.29) is 28.2 Å². The molecule has 0 aliphatic heterocycles. The van der Waals surface area contributed by atoms with Gasteiger partial charge in [0.1, 0.15) is 12.1 Å². The van der Waals surface area contributed by atoms with Gasteiger partial charge in [-0.2, -0.15) is 0 Å². The van der Waals surface area contributed by atoms with Crippen molar-refractivity contribution in [3.8, 4) is 0 Å². The Morgan fingerprint density at radius 1 is 1.38 bits per heavy atom. The summed E-state index contributed by atoms with van der Waals surface area (Å²) in [7, 11) is 0. The molecule has 108 valence electrons. The first-order valence-corrected chi connectivity index (χ1v) is 6.71. The van der Waals surface area contributed by atoms with E-state index in [1.165, 1.54) is 27.7 Å². The lowest BCUT2D eigenvalue weighted by atomic mass is 10.2. The zero-order valence-electron chi connectivity index (χ0n) is 11.1. The number of fused-ring (bicyclic) bond motifs is 1. The second-order valence-corrected chi connectivity index (χ2v) is 4.86. The smallest absolute Gasteiger partial charge is 0.283 e. The van der Waals surface area contributed by atoms with Crippen LogP contribution in [0, 0.1) is 5.82 Å². The SMILES string of the molecule is CCn1nnc2c(=O)n(Cc3c(F)cccc3Cl)cnc21. The first-order chi connectivity index (χ1) is 10.1. The van der Waals surface area contributed by atoms with Crippen molar-refractivity contribution in [2.45, 2.75) is 20.0 Å². The first kappa shape index (κ1) is 13.7. The number of hydrogen-bond acceptors (Lipinski definition) is 4. The van der Waals surface area contributed by atoms with Gasteiger partial charge in [0, 0.05) is 17.1 Å². The zero-order chi connectivity index (χ0) is 15.0. The average Bonchev–Trinajstić information content (AvgIpc) is 2.89. The molecule has 0 radical (unpaired) electrons. The third kappa shape index (κ3) is 2.29. The summed E-state index contributed by atoms with van der Waals surface area (Å²) in [5.74, 6) is -0.466. The predicted molar refractivity (Wildman–Crippen MR) is 75.8 cm³/mol. The van der Waals surface area contributed by atoms with Gasteiger partial charge in [-0.15, -0.1) is 5.10 Å². The molecule has 0 aliphatic carbocycles. The third-order valence-electron chi connectivity index (χ3n) is 3.18. The lowest BCUT2D eigenvalue weighted by molar-refractivity contribution is 0.595. The van der Waals surface area contributed by atoms with Crippen LogP contribution in [0.25, 0.3) is 11.2 Å². The highest BCUT2D eigenvalue weighted by atomic mass is 35.5. The molecule has 0 atom stereocenters. The molecule has 0 unspecified atom stereocenters. The summed E-state index contributed by atoms with van der Waals surface area (Å²) in [5, 5.41) is 7.94. The van der Waals surface area contributed by atoms with E-state index in [1.54, 1.807) is 6.07 Å². The summed E-state index contributed by atoms with van der Waals surface area (Å²) in [6.07, 6.45) is 1.35. The molecule has 0 fully saturated rings. The largest absolute Gasteiger partial charge is 0.293 e. The standard InChI is InChI=1S/C13H11ClFN5O/c1-2-20-12-11(17-18-20)13(21)19(7-16-12)6-8-9(14)4-3-5-10(8)15/h3-5,7H,2,6H2,1H3. The highest BCUT2D eigenvalue weighted by molar-refractivity contribution is 6.31. The van der Waals surface area contributed by atoms with Gasteiger partial charge in [-0.25, -0.2) is 14.1 Å². The van der Waals surface area contributed by atoms with Crippen LogP contribution >= 0.6 is 11.6 Å². The van der Waals surface area contributed by atoms with Gasteiger partial charge in [0.25, 0.3) is 5.56 Å². The molecule has 6 nitrogen and oxygen atoms in total. The second-order valence-electron chi connectivity index (χ2n) is 4.46. The zero-order valence-corrected chi connectivity index (χ0v) is 11.9. The van der Waals surface area contributed by atoms with E-state index in [1.807, 2.05) is 6.92 Å². The number of hydrogen-bond donors (Lipinski definition) is 0. The van der Waals surface area contributed by atoms with Crippen molar-refractivity contribution in [2.75, 3.05) is 0 Å². The van der Waals surface area contributed by atoms with Crippen LogP contribution in [0.3, 0.4) is 0 Å². The van der Waals surface area contributed by atoms with E-state index in [2.05, 4.69) is 15.3 Å². The van der Waals surface area contributed by atoms with E-state index in [4.69, 9.17) is 11.6 Å². The summed E-state index contributed by atoms with van der Waals surface area (Å²) in [6.45, 7) is 2.43. The number of rotatable bonds is 3. The molecule has 8 heteroatoms. The Hall–Kier alpha value is -2.28. The minimum atomic E-state index is -0.466. The summed E-state index contributed by atoms with van der Waals surface area (Å²) in [5.41, 5.74) is 0.439. The summed E-state index contributed by atoms with van der Waals surface area (Å²) in [6, 6.07) is 4.38. The van der Waals surface area contributed by atoms with Crippen molar-refractivity contribution in [1.82, 2.24) is 24.5 Å². The fourth-order valence-electron chi connectivity index (χ4n) is 2.07. The molecule has 1 aromatic carbocycles. The Bertz CT molecular complexity index is 852. The van der Waals surface area contributed by atoms with Gasteiger partial charge in [0.2, 0.25) is 0 Å². The third-order valence-corrected chi connectivity index (χ3v) is 3.54. The van der Waals surface area contributed by atoms with Gasteiger partial charge in [-0.1, -0.05) is 22.9 Å². The summed E-state index contributed by atoms with van der Waals surface area (Å²) in [4.78, 5) is 16.5. The van der Waals surface area contributed by atoms with Crippen molar-refractivity contribution in [3.05, 3.63) is 51.3 Å². The highest BCUT2D eigenvalue weighted by Gasteiger charge is 2.13. The Morgan fingerprint density at radius 2 is 2.19 bits per heavy atom. The fraction of sp³-hybridized carbons (Fsp3) is 0.231. The van der Waals surface area contributed by atoms with E-state index >= 15 is 0 Å². The van der Waals surface area contributed by atoms with E-state index < -0.39 is 5.82 Å². The molecule has 0 spiro atoms. The number of aromatic nitrogens is 5. The first-order valence-electron chi connectivity index (χ1n) is 6.33. The van der Waals surface area contributed by atoms with Gasteiger partial charge in [-0.3, -0.25) is 9.36 Å². The van der Waals surface area contributed by atoms with Crippen LogP contribution in [0.5, 0.6) is 0 Å². The molecule has 0 amide bonds. The lowest BCUT2D eigenvalue weighted by Gasteiger charge is -2.08. The van der Waals surface area contributed by atoms with Crippen LogP contribution in [-0.2, 0) is 13.1 Å². The Labute approximate surface area is 123 Å². The molecule has 3 rings (SSSR count). The molecule has 3 aromatic rings. The van der Waals surface area contributed by atoms with E-state index in [0.717, 1.165) is 0 Å². The Balaban J connectivity index is 2.10. The molecule has 2 aromatic heterocycles. The number of nitrogens with zero attached hydrogens (tertiary/aromatic N) is 5. The second kappa shape index (κ2) is 5.25. The Morgan fingerprint density at radius 3 is 2.90 bits per heavy atom. The monoisotopic (exact) mass is 307 g/mol. The topological polar surface area (TPSA) is 65.6 Å². The van der Waals surface area contributed by atoms with Crippen LogP contribution in [0.2, 0.25) is 5.02 Å². The lowest BCUT2D eigenvalue weighted by Crippen LogP contribution is -2.22. The van der Waals surface area contributed by atoms with E-state index in [9.17, 15) is 9.18 Å². The summed E-state index contributed by atoms with van der Waals surface area (Å²) < 4.78 is 16.6. The predicted octanol–water partition coefficient (Wildman–Crippen LogP) is 1.85. The van der Waals surface area contributed by atoms with Gasteiger partial charge >= 0.3 is 0 Å². The van der Waals surface area contributed by atoms with Crippen LogP contribution in [0.1, 0.15) is 12.5 Å². The molecular formula is C13H11ClFN5O. The number of halogens is 2. The van der Waals surface area contributed by atoms with Crippen molar-refractivity contribution in [1.29, 1.82) is 0 Å². The molecule has 0 bridgehead atoms. The minimum Gasteiger partial charge on any atom is -0.293 e. The molecule has 21 heavy (non-hydrogen) atoms. The molecule has 0 N–H and O–H groups in total. The maximum Gasteiger partial charge on any atom is 0.283 e. The average molecular weight is 308 g/mol. The number of aryl methyl sites for hydroxylation is 1. The number of benzene rings is 1. The van der Waals surface area contributed by atoms with Crippen molar-refractivity contribution in [2.24, 2.45) is 0 Å².